The van der Waals surface area contributed by atoms with Crippen LogP contribution in [-0.4, -0.2) is 28.4 Å². The highest BCUT2D eigenvalue weighted by Gasteiger charge is 2.53. The molecule has 0 saturated heterocycles. The first-order chi connectivity index (χ1) is 8.36. The number of thiazole rings is 1. The van der Waals surface area contributed by atoms with Gasteiger partial charge in [-0.3, -0.25) is 0 Å². The monoisotopic (exact) mass is 276 g/mol. The molecule has 0 bridgehead atoms. The third-order valence-corrected chi connectivity index (χ3v) is 3.68. The molecule has 0 amide bonds. The van der Waals surface area contributed by atoms with Crippen LogP contribution in [0.2, 0.25) is 0 Å². The van der Waals surface area contributed by atoms with Crippen LogP contribution in [0.3, 0.4) is 0 Å². The van der Waals surface area contributed by atoms with Crippen molar-refractivity contribution < 1.29 is 18.3 Å². The lowest BCUT2D eigenvalue weighted by atomic mass is 10.00. The van der Waals surface area contributed by atoms with Crippen molar-refractivity contribution in [2.75, 3.05) is 6.54 Å². The fraction of sp³-hybridized carbons (Fsp3) is 0.364. The van der Waals surface area contributed by atoms with E-state index < -0.39 is 24.7 Å². The van der Waals surface area contributed by atoms with Crippen molar-refractivity contribution in [3.63, 3.8) is 0 Å². The molecule has 1 aromatic heterocycles. The number of para-hydroxylation sites is 1. The summed E-state index contributed by atoms with van der Waals surface area (Å²) in [4.78, 5) is 4.06. The summed E-state index contributed by atoms with van der Waals surface area (Å²) in [5, 5.41) is 9.78. The van der Waals surface area contributed by atoms with Gasteiger partial charge in [-0.05, 0) is 12.1 Å². The molecule has 0 radical (unpaired) electrons. The Kier molecular flexibility index (Phi) is 3.31. The van der Waals surface area contributed by atoms with Crippen molar-refractivity contribution in [3.05, 3.63) is 29.3 Å². The number of hydrogen-bond acceptors (Lipinski definition) is 4. The van der Waals surface area contributed by atoms with E-state index in [2.05, 4.69) is 4.98 Å². The first kappa shape index (κ1) is 13.3. The number of fused-ring (bicyclic) bond motifs is 1. The van der Waals surface area contributed by atoms with Gasteiger partial charge in [-0.2, -0.15) is 13.2 Å². The van der Waals surface area contributed by atoms with Gasteiger partial charge in [0, 0.05) is 13.0 Å². The first-order valence-electron chi connectivity index (χ1n) is 5.19. The maximum Gasteiger partial charge on any atom is 0.418 e. The molecule has 1 atom stereocenters. The summed E-state index contributed by atoms with van der Waals surface area (Å²) in [7, 11) is 0. The predicted octanol–water partition coefficient (Wildman–Crippen LogP) is 2.09. The van der Waals surface area contributed by atoms with E-state index in [4.69, 9.17) is 5.73 Å². The number of halogens is 3. The molecule has 1 aromatic carbocycles. The van der Waals surface area contributed by atoms with E-state index >= 15 is 0 Å². The van der Waals surface area contributed by atoms with Crippen molar-refractivity contribution in [2.24, 2.45) is 5.73 Å². The molecule has 98 valence electrons. The maximum atomic E-state index is 12.7. The Balaban J connectivity index is 2.32. The van der Waals surface area contributed by atoms with Gasteiger partial charge in [0.05, 0.1) is 15.2 Å². The van der Waals surface area contributed by atoms with Crippen molar-refractivity contribution in [3.8, 4) is 0 Å². The topological polar surface area (TPSA) is 59.1 Å². The van der Waals surface area contributed by atoms with Crippen LogP contribution in [0, 0.1) is 0 Å². The number of rotatable bonds is 3. The average Bonchev–Trinajstić information content (AvgIpc) is 2.69. The van der Waals surface area contributed by atoms with E-state index in [0.29, 0.717) is 5.52 Å². The van der Waals surface area contributed by atoms with Crippen molar-refractivity contribution in [1.29, 1.82) is 0 Å². The molecule has 2 aromatic rings. The lowest BCUT2D eigenvalue weighted by molar-refractivity contribution is -0.255. The summed E-state index contributed by atoms with van der Waals surface area (Å²) in [6.45, 7) is -0.883. The molecule has 1 unspecified atom stereocenters. The molecule has 18 heavy (non-hydrogen) atoms. The van der Waals surface area contributed by atoms with Crippen LogP contribution >= 0.6 is 11.3 Å². The summed E-state index contributed by atoms with van der Waals surface area (Å²) in [5.41, 5.74) is 2.75. The Morgan fingerprint density at radius 3 is 2.50 bits per heavy atom. The summed E-state index contributed by atoms with van der Waals surface area (Å²) in [5.74, 6) is 0. The number of aliphatic hydroxyl groups is 1. The van der Waals surface area contributed by atoms with Crippen LogP contribution in [0.1, 0.15) is 5.01 Å². The van der Waals surface area contributed by atoms with E-state index in [-0.39, 0.29) is 5.01 Å². The summed E-state index contributed by atoms with van der Waals surface area (Å²) < 4.78 is 38.9. The molecule has 2 rings (SSSR count). The van der Waals surface area contributed by atoms with Crippen molar-refractivity contribution in [2.45, 2.75) is 18.2 Å². The molecule has 0 aliphatic heterocycles. The Labute approximate surface area is 105 Å². The maximum absolute atomic E-state index is 12.7. The SMILES string of the molecule is NCC(O)(Cc1nc2ccccc2s1)C(F)(F)F. The third-order valence-electron chi connectivity index (χ3n) is 2.65. The highest BCUT2D eigenvalue weighted by atomic mass is 32.1. The second-order valence-corrected chi connectivity index (χ2v) is 5.10. The minimum atomic E-state index is -4.76. The smallest absolute Gasteiger partial charge is 0.379 e. The predicted molar refractivity (Wildman–Crippen MR) is 63.4 cm³/mol. The Bertz CT molecular complexity index is 521. The normalized spacial score (nSPS) is 15.8. The van der Waals surface area contributed by atoms with Crippen LogP contribution < -0.4 is 5.73 Å². The number of benzene rings is 1. The van der Waals surface area contributed by atoms with Gasteiger partial charge in [0.15, 0.2) is 5.60 Å². The standard InChI is InChI=1S/C11H11F3N2OS/c12-11(13,14)10(17,6-15)5-9-16-7-3-1-2-4-8(7)18-9/h1-4,17H,5-6,15H2. The zero-order chi connectivity index (χ0) is 13.4. The Morgan fingerprint density at radius 2 is 1.94 bits per heavy atom. The molecule has 3 nitrogen and oxygen atoms in total. The molecule has 0 fully saturated rings. The molecule has 7 heteroatoms. The van der Waals surface area contributed by atoms with Crippen molar-refractivity contribution in [1.82, 2.24) is 4.98 Å². The van der Waals surface area contributed by atoms with Gasteiger partial charge in [0.1, 0.15) is 0 Å². The number of aromatic nitrogens is 1. The second-order valence-electron chi connectivity index (χ2n) is 3.99. The summed E-state index contributed by atoms with van der Waals surface area (Å²) >= 11 is 1.13. The van der Waals surface area contributed by atoms with E-state index in [0.717, 1.165) is 16.0 Å². The van der Waals surface area contributed by atoms with E-state index in [9.17, 15) is 18.3 Å². The van der Waals surface area contributed by atoms with Gasteiger partial charge in [-0.25, -0.2) is 4.98 Å². The average molecular weight is 276 g/mol. The molecular formula is C11H11F3N2OS. The zero-order valence-electron chi connectivity index (χ0n) is 9.24. The van der Waals surface area contributed by atoms with Gasteiger partial charge < -0.3 is 10.8 Å². The second kappa shape index (κ2) is 4.49. The molecule has 0 aliphatic carbocycles. The Hall–Kier alpha value is -1.18. The van der Waals surface area contributed by atoms with Crippen LogP contribution in [0.5, 0.6) is 0 Å². The molecule has 3 N–H and O–H groups in total. The largest absolute Gasteiger partial charge is 0.418 e. The highest BCUT2D eigenvalue weighted by Crippen LogP contribution is 2.34. The fourth-order valence-corrected chi connectivity index (χ4v) is 2.61. The lowest BCUT2D eigenvalue weighted by Crippen LogP contribution is -2.52. The van der Waals surface area contributed by atoms with Gasteiger partial charge in [0.2, 0.25) is 0 Å². The Morgan fingerprint density at radius 1 is 1.28 bits per heavy atom. The minimum Gasteiger partial charge on any atom is -0.379 e. The van der Waals surface area contributed by atoms with Crippen LogP contribution in [-0.2, 0) is 6.42 Å². The van der Waals surface area contributed by atoms with Crippen LogP contribution in [0.4, 0.5) is 13.2 Å². The number of alkyl halides is 3. The molecule has 0 spiro atoms. The fourth-order valence-electron chi connectivity index (χ4n) is 1.53. The van der Waals surface area contributed by atoms with Crippen LogP contribution in [0.25, 0.3) is 10.2 Å². The molecule has 0 saturated carbocycles. The van der Waals surface area contributed by atoms with Gasteiger partial charge in [-0.1, -0.05) is 12.1 Å². The summed E-state index contributed by atoms with van der Waals surface area (Å²) in [6, 6.07) is 7.02. The van der Waals surface area contributed by atoms with Gasteiger partial charge >= 0.3 is 6.18 Å². The summed E-state index contributed by atoms with van der Waals surface area (Å²) in [6.07, 6.45) is -5.38. The van der Waals surface area contributed by atoms with E-state index in [1.54, 1.807) is 24.3 Å². The van der Waals surface area contributed by atoms with E-state index in [1.807, 2.05) is 0 Å². The zero-order valence-corrected chi connectivity index (χ0v) is 10.1. The van der Waals surface area contributed by atoms with Crippen LogP contribution in [0.15, 0.2) is 24.3 Å². The lowest BCUT2D eigenvalue weighted by Gasteiger charge is -2.28. The minimum absolute atomic E-state index is 0.224. The number of nitrogens with zero attached hydrogens (tertiary/aromatic N) is 1. The first-order valence-corrected chi connectivity index (χ1v) is 6.01. The quantitative estimate of drug-likeness (QED) is 0.902. The van der Waals surface area contributed by atoms with Gasteiger partial charge in [-0.15, -0.1) is 11.3 Å². The number of nitrogens with two attached hydrogens (primary N) is 1. The van der Waals surface area contributed by atoms with E-state index in [1.165, 1.54) is 0 Å². The van der Waals surface area contributed by atoms with Gasteiger partial charge in [0.25, 0.3) is 0 Å². The van der Waals surface area contributed by atoms with Crippen molar-refractivity contribution >= 4 is 21.6 Å². The molecule has 1 heterocycles. The number of hydrogen-bond donors (Lipinski definition) is 2. The molecular weight excluding hydrogens is 265 g/mol. The third kappa shape index (κ3) is 2.33. The molecule has 0 aliphatic rings. The highest BCUT2D eigenvalue weighted by molar-refractivity contribution is 7.18.